The van der Waals surface area contributed by atoms with E-state index in [1.165, 1.54) is 24.8 Å². The van der Waals surface area contributed by atoms with Gasteiger partial charge in [-0.2, -0.15) is 0 Å². The first kappa shape index (κ1) is 19.2. The van der Waals surface area contributed by atoms with Gasteiger partial charge in [-0.05, 0) is 18.2 Å². The van der Waals surface area contributed by atoms with Gasteiger partial charge in [-0.15, -0.1) is 0 Å². The van der Waals surface area contributed by atoms with E-state index in [2.05, 4.69) is 10.1 Å². The first-order valence-corrected chi connectivity index (χ1v) is 8.49. The Morgan fingerprint density at radius 3 is 2.54 bits per heavy atom. The molecule has 1 aromatic carbocycles. The van der Waals surface area contributed by atoms with E-state index in [-0.39, 0.29) is 19.1 Å². The number of ether oxygens (including phenoxy) is 1. The van der Waals surface area contributed by atoms with Crippen molar-refractivity contribution in [3.05, 3.63) is 50.7 Å². The van der Waals surface area contributed by atoms with E-state index >= 15 is 0 Å². The number of methoxy groups -OCH3 is 1. The zero-order chi connectivity index (χ0) is 20.6. The van der Waals surface area contributed by atoms with Crippen LogP contribution in [0.2, 0.25) is 0 Å². The number of rotatable bonds is 4. The Labute approximate surface area is 160 Å². The van der Waals surface area contributed by atoms with Crippen molar-refractivity contribution in [2.45, 2.75) is 0 Å². The number of carbonyl (C=O) groups excluding carboxylic acids is 2. The summed E-state index contributed by atoms with van der Waals surface area (Å²) in [5, 5.41) is 2.71. The van der Waals surface area contributed by atoms with E-state index in [4.69, 9.17) is 0 Å². The average Bonchev–Trinajstić information content (AvgIpc) is 2.99. The molecule has 28 heavy (non-hydrogen) atoms. The molecular weight excluding hydrogens is 366 g/mol. The quantitative estimate of drug-likeness (QED) is 0.720. The largest absolute Gasteiger partial charge is 0.465 e. The first-order chi connectivity index (χ1) is 13.2. The van der Waals surface area contributed by atoms with E-state index in [1.54, 1.807) is 42.1 Å². The molecule has 0 aliphatic carbocycles. The summed E-state index contributed by atoms with van der Waals surface area (Å²) in [5.41, 5.74) is 0.166. The highest BCUT2D eigenvalue weighted by atomic mass is 16.5. The van der Waals surface area contributed by atoms with Crippen molar-refractivity contribution in [2.24, 2.45) is 14.1 Å². The smallest absolute Gasteiger partial charge is 0.337 e. The highest BCUT2D eigenvalue weighted by Crippen LogP contribution is 2.29. The van der Waals surface area contributed by atoms with Gasteiger partial charge in [-0.3, -0.25) is 18.7 Å². The molecule has 0 saturated carbocycles. The van der Waals surface area contributed by atoms with E-state index in [0.717, 1.165) is 4.57 Å². The van der Waals surface area contributed by atoms with Crippen LogP contribution in [-0.4, -0.2) is 48.4 Å². The summed E-state index contributed by atoms with van der Waals surface area (Å²) in [7, 11) is 6.01. The van der Waals surface area contributed by atoms with Crippen molar-refractivity contribution in [3.63, 3.8) is 0 Å². The number of amides is 1. The van der Waals surface area contributed by atoms with Gasteiger partial charge in [0.25, 0.3) is 5.56 Å². The molecule has 1 aliphatic rings. The Bertz CT molecular complexity index is 1070. The molecule has 0 unspecified atom stereocenters. The maximum atomic E-state index is 12.6. The van der Waals surface area contributed by atoms with Crippen LogP contribution < -0.4 is 26.4 Å². The van der Waals surface area contributed by atoms with E-state index in [9.17, 15) is 19.2 Å². The van der Waals surface area contributed by atoms with Gasteiger partial charge in [0.1, 0.15) is 11.5 Å². The molecule has 1 aliphatic heterocycles. The van der Waals surface area contributed by atoms with Gasteiger partial charge >= 0.3 is 11.7 Å². The van der Waals surface area contributed by atoms with Crippen LogP contribution in [0, 0.1) is 0 Å². The zero-order valence-corrected chi connectivity index (χ0v) is 16.1. The van der Waals surface area contributed by atoms with Gasteiger partial charge in [-0.1, -0.05) is 6.07 Å². The summed E-state index contributed by atoms with van der Waals surface area (Å²) >= 11 is 0. The summed E-state index contributed by atoms with van der Waals surface area (Å²) in [6, 6.07) is 6.37. The van der Waals surface area contributed by atoms with Gasteiger partial charge < -0.3 is 19.9 Å². The minimum atomic E-state index is -0.504. The summed E-state index contributed by atoms with van der Waals surface area (Å²) in [5.74, 6) is -0.400. The van der Waals surface area contributed by atoms with Gasteiger partial charge in [0.2, 0.25) is 5.91 Å². The molecule has 148 valence electrons. The molecule has 0 saturated heterocycles. The lowest BCUT2D eigenvalue weighted by Crippen LogP contribution is -2.40. The van der Waals surface area contributed by atoms with Crippen LogP contribution in [0.5, 0.6) is 0 Å². The Morgan fingerprint density at radius 1 is 1.14 bits per heavy atom. The molecule has 1 N–H and O–H groups in total. The minimum Gasteiger partial charge on any atom is -0.465 e. The van der Waals surface area contributed by atoms with Crippen LogP contribution in [0.15, 0.2) is 33.9 Å². The number of fused-ring (bicyclic) bond motifs is 1. The van der Waals surface area contributed by atoms with Crippen molar-refractivity contribution in [1.82, 2.24) is 9.13 Å². The zero-order valence-electron chi connectivity index (χ0n) is 16.1. The summed E-state index contributed by atoms with van der Waals surface area (Å²) < 4.78 is 7.07. The molecule has 0 spiro atoms. The average molecular weight is 387 g/mol. The van der Waals surface area contributed by atoms with Crippen LogP contribution in [0.1, 0.15) is 10.4 Å². The second-order valence-electron chi connectivity index (χ2n) is 6.54. The number of nitrogens with one attached hydrogen (secondary N) is 1. The van der Waals surface area contributed by atoms with Crippen LogP contribution >= 0.6 is 0 Å². The summed E-state index contributed by atoms with van der Waals surface area (Å²) in [6.07, 6.45) is 0. The number of hydrogen-bond donors (Lipinski definition) is 1. The molecule has 10 nitrogen and oxygen atoms in total. The Hall–Kier alpha value is -3.56. The number of hydrogen-bond acceptors (Lipinski definition) is 7. The van der Waals surface area contributed by atoms with Crippen LogP contribution in [-0.2, 0) is 23.6 Å². The SMILES string of the molecule is COC(=O)c1cccc(NC(=O)CN2CN(C)c3c2c(=O)n(C)c(=O)n3C)c1. The molecule has 1 amide bonds. The molecule has 0 radical (unpaired) electrons. The molecule has 2 aromatic rings. The van der Waals surface area contributed by atoms with Crippen molar-refractivity contribution < 1.29 is 14.3 Å². The Balaban J connectivity index is 1.83. The van der Waals surface area contributed by atoms with E-state index < -0.39 is 17.2 Å². The lowest BCUT2D eigenvalue weighted by molar-refractivity contribution is -0.115. The number of benzene rings is 1. The third-order valence-corrected chi connectivity index (χ3v) is 4.57. The number of esters is 1. The maximum absolute atomic E-state index is 12.6. The molecule has 10 heteroatoms. The van der Waals surface area contributed by atoms with Crippen LogP contribution in [0.25, 0.3) is 0 Å². The summed E-state index contributed by atoms with van der Waals surface area (Å²) in [4.78, 5) is 52.2. The molecule has 3 rings (SSSR count). The van der Waals surface area contributed by atoms with Crippen LogP contribution in [0.4, 0.5) is 17.2 Å². The highest BCUT2D eigenvalue weighted by molar-refractivity contribution is 5.97. The van der Waals surface area contributed by atoms with Gasteiger partial charge in [0.05, 0.1) is 25.9 Å². The Kier molecular flexibility index (Phi) is 4.95. The second kappa shape index (κ2) is 7.22. The Morgan fingerprint density at radius 2 is 1.86 bits per heavy atom. The predicted octanol–water partition coefficient (Wildman–Crippen LogP) is -0.277. The maximum Gasteiger partial charge on any atom is 0.337 e. The van der Waals surface area contributed by atoms with E-state index in [0.29, 0.717) is 22.8 Å². The molecule has 0 bridgehead atoms. The standard InChI is InChI=1S/C18H21N5O5/c1-20-10-23(14-15(20)21(2)18(27)22(3)16(14)25)9-13(24)19-12-7-5-6-11(8-12)17(26)28-4/h5-8H,9-10H2,1-4H3,(H,19,24). The third kappa shape index (κ3) is 3.24. The fourth-order valence-electron chi connectivity index (χ4n) is 3.27. The predicted molar refractivity (Wildman–Crippen MR) is 104 cm³/mol. The molecular formula is C18H21N5O5. The minimum absolute atomic E-state index is 0.0900. The number of aromatic nitrogens is 2. The topological polar surface area (TPSA) is 106 Å². The summed E-state index contributed by atoms with van der Waals surface area (Å²) in [6.45, 7) is 0.199. The number of nitrogens with zero attached hydrogens (tertiary/aromatic N) is 4. The lowest BCUT2D eigenvalue weighted by atomic mass is 10.2. The number of carbonyl (C=O) groups is 2. The molecule has 0 atom stereocenters. The monoisotopic (exact) mass is 387 g/mol. The van der Waals surface area contributed by atoms with Crippen molar-refractivity contribution >= 4 is 29.1 Å². The normalized spacial score (nSPS) is 12.7. The fourth-order valence-corrected chi connectivity index (χ4v) is 3.27. The highest BCUT2D eigenvalue weighted by Gasteiger charge is 2.31. The molecule has 2 heterocycles. The van der Waals surface area contributed by atoms with Gasteiger partial charge in [-0.25, -0.2) is 9.59 Å². The van der Waals surface area contributed by atoms with E-state index in [1.807, 2.05) is 0 Å². The van der Waals surface area contributed by atoms with Gasteiger partial charge in [0.15, 0.2) is 0 Å². The second-order valence-corrected chi connectivity index (χ2v) is 6.54. The first-order valence-electron chi connectivity index (χ1n) is 8.49. The molecule has 0 fully saturated rings. The molecule has 1 aromatic heterocycles. The lowest BCUT2D eigenvalue weighted by Gasteiger charge is -2.18. The van der Waals surface area contributed by atoms with Crippen molar-refractivity contribution in [1.29, 1.82) is 0 Å². The fraction of sp³-hybridized carbons (Fsp3) is 0.333. The van der Waals surface area contributed by atoms with Gasteiger partial charge in [0, 0.05) is 26.8 Å². The van der Waals surface area contributed by atoms with Crippen molar-refractivity contribution in [3.8, 4) is 0 Å². The third-order valence-electron chi connectivity index (χ3n) is 4.57. The van der Waals surface area contributed by atoms with Crippen molar-refractivity contribution in [2.75, 3.05) is 42.5 Å². The van der Waals surface area contributed by atoms with Crippen LogP contribution in [0.3, 0.4) is 0 Å². The number of anilines is 3.